The van der Waals surface area contributed by atoms with Gasteiger partial charge in [-0.1, -0.05) is 11.3 Å². The summed E-state index contributed by atoms with van der Waals surface area (Å²) in [5, 5.41) is 4.60. The summed E-state index contributed by atoms with van der Waals surface area (Å²) in [5.41, 5.74) is -0.582. The Bertz CT molecular complexity index is 1000. The van der Waals surface area contributed by atoms with E-state index in [1.807, 2.05) is 0 Å². The second-order valence-electron chi connectivity index (χ2n) is 5.00. The van der Waals surface area contributed by atoms with Crippen molar-refractivity contribution in [2.75, 3.05) is 4.72 Å². The van der Waals surface area contributed by atoms with Crippen molar-refractivity contribution in [3.8, 4) is 0 Å². The number of anilines is 1. The van der Waals surface area contributed by atoms with Crippen molar-refractivity contribution >= 4 is 32.0 Å². The summed E-state index contributed by atoms with van der Waals surface area (Å²) in [6.45, 7) is 3.24. The van der Waals surface area contributed by atoms with E-state index < -0.39 is 21.8 Å². The number of benzene rings is 1. The van der Waals surface area contributed by atoms with Gasteiger partial charge in [-0.05, 0) is 38.1 Å². The molecule has 0 amide bonds. The molecule has 0 radical (unpaired) electrons. The zero-order valence-electron chi connectivity index (χ0n) is 12.4. The molecule has 0 unspecified atom stereocenters. The minimum atomic E-state index is -4.48. The monoisotopic (exact) mass is 376 g/mol. The Kier molecular flexibility index (Phi) is 3.79. The first-order chi connectivity index (χ1) is 11.1. The highest BCUT2D eigenvalue weighted by Crippen LogP contribution is 2.30. The number of aromatic nitrogens is 3. The first kappa shape index (κ1) is 16.7. The molecule has 3 rings (SSSR count). The van der Waals surface area contributed by atoms with Gasteiger partial charge in [-0.25, -0.2) is 4.98 Å². The van der Waals surface area contributed by atoms with E-state index in [1.54, 1.807) is 6.92 Å². The number of alkyl halides is 3. The first-order valence-corrected chi connectivity index (χ1v) is 8.91. The number of imidazole rings is 1. The number of halogens is 3. The van der Waals surface area contributed by atoms with Crippen LogP contribution in [-0.4, -0.2) is 23.0 Å². The lowest BCUT2D eigenvalue weighted by Crippen LogP contribution is -2.17. The van der Waals surface area contributed by atoms with Gasteiger partial charge < -0.3 is 0 Å². The van der Waals surface area contributed by atoms with Gasteiger partial charge >= 0.3 is 6.18 Å². The summed E-state index contributed by atoms with van der Waals surface area (Å²) in [7, 11) is -4.05. The van der Waals surface area contributed by atoms with E-state index >= 15 is 0 Å². The van der Waals surface area contributed by atoms with Gasteiger partial charge in [0, 0.05) is 5.69 Å². The van der Waals surface area contributed by atoms with Gasteiger partial charge in [0.15, 0.2) is 0 Å². The molecular formula is C13H11F3N4O2S2. The highest BCUT2D eigenvalue weighted by molar-refractivity contribution is 7.92. The summed E-state index contributed by atoms with van der Waals surface area (Å²) >= 11 is 1.24. The van der Waals surface area contributed by atoms with Crippen LogP contribution in [0.1, 0.15) is 16.3 Å². The Morgan fingerprint density at radius 1 is 1.17 bits per heavy atom. The fraction of sp³-hybridized carbons (Fsp3) is 0.231. The summed E-state index contributed by atoms with van der Waals surface area (Å²) < 4.78 is 66.2. The van der Waals surface area contributed by atoms with E-state index in [-0.39, 0.29) is 16.4 Å². The Balaban J connectivity index is 1.97. The number of sulfonamides is 1. The van der Waals surface area contributed by atoms with Crippen LogP contribution in [0.2, 0.25) is 0 Å². The topological polar surface area (TPSA) is 76.4 Å². The molecule has 0 fully saturated rings. The molecule has 2 aromatic heterocycles. The van der Waals surface area contributed by atoms with Gasteiger partial charge in [0.25, 0.3) is 10.0 Å². The Labute approximate surface area is 139 Å². The molecule has 0 spiro atoms. The molecule has 24 heavy (non-hydrogen) atoms. The van der Waals surface area contributed by atoms with Crippen molar-refractivity contribution in [1.29, 1.82) is 0 Å². The lowest BCUT2D eigenvalue weighted by atomic mass is 10.2. The Morgan fingerprint density at radius 3 is 2.38 bits per heavy atom. The number of fused-ring (bicyclic) bond motifs is 1. The molecule has 11 heteroatoms. The maximum atomic E-state index is 12.6. The fourth-order valence-electron chi connectivity index (χ4n) is 2.17. The quantitative estimate of drug-likeness (QED) is 0.761. The molecule has 1 N–H and O–H groups in total. The van der Waals surface area contributed by atoms with Gasteiger partial charge in [0.2, 0.25) is 9.99 Å². The maximum Gasteiger partial charge on any atom is 0.416 e. The van der Waals surface area contributed by atoms with Gasteiger partial charge in [-0.15, -0.1) is 0 Å². The third-order valence-electron chi connectivity index (χ3n) is 3.15. The Morgan fingerprint density at radius 2 is 1.79 bits per heavy atom. The third kappa shape index (κ3) is 2.96. The lowest BCUT2D eigenvalue weighted by Gasteiger charge is -2.10. The highest BCUT2D eigenvalue weighted by Gasteiger charge is 2.30. The number of nitrogens with zero attached hydrogens (tertiary/aromatic N) is 3. The van der Waals surface area contributed by atoms with Crippen LogP contribution in [0.25, 0.3) is 4.96 Å². The van der Waals surface area contributed by atoms with E-state index in [4.69, 9.17) is 0 Å². The van der Waals surface area contributed by atoms with E-state index in [0.29, 0.717) is 9.97 Å². The van der Waals surface area contributed by atoms with E-state index in [2.05, 4.69) is 14.8 Å². The van der Waals surface area contributed by atoms with Crippen molar-refractivity contribution in [2.45, 2.75) is 25.0 Å². The summed E-state index contributed by atoms with van der Waals surface area (Å²) in [6, 6.07) is 3.73. The van der Waals surface area contributed by atoms with Crippen LogP contribution in [0.5, 0.6) is 0 Å². The molecule has 1 aromatic carbocycles. The third-order valence-corrected chi connectivity index (χ3v) is 5.45. The number of hydrogen-bond acceptors (Lipinski definition) is 5. The predicted octanol–water partition coefficient (Wildman–Crippen LogP) is 3.23. The summed E-state index contributed by atoms with van der Waals surface area (Å²) in [6.07, 6.45) is -4.48. The molecule has 2 heterocycles. The van der Waals surface area contributed by atoms with Crippen LogP contribution < -0.4 is 4.72 Å². The van der Waals surface area contributed by atoms with Crippen LogP contribution in [0.3, 0.4) is 0 Å². The molecule has 0 saturated heterocycles. The van der Waals surface area contributed by atoms with Crippen LogP contribution in [0.15, 0.2) is 29.3 Å². The molecule has 0 aliphatic rings. The largest absolute Gasteiger partial charge is 0.416 e. The molecule has 0 saturated carbocycles. The molecule has 0 aliphatic heterocycles. The van der Waals surface area contributed by atoms with E-state index in [0.717, 1.165) is 24.3 Å². The van der Waals surface area contributed by atoms with Gasteiger partial charge in [0.05, 0.1) is 11.3 Å². The second-order valence-corrected chi connectivity index (χ2v) is 7.76. The highest BCUT2D eigenvalue weighted by atomic mass is 32.2. The first-order valence-electron chi connectivity index (χ1n) is 6.61. The fourth-order valence-corrected chi connectivity index (χ4v) is 4.34. The van der Waals surface area contributed by atoms with Crippen molar-refractivity contribution in [3.63, 3.8) is 0 Å². The van der Waals surface area contributed by atoms with Crippen molar-refractivity contribution in [1.82, 2.24) is 14.6 Å². The SMILES string of the molecule is Cc1nn2c(S(=O)(=O)Nc3ccc(C(F)(F)F)cc3)c(C)nc2s1. The summed E-state index contributed by atoms with van der Waals surface area (Å²) in [5.74, 6) is 0. The molecule has 0 aliphatic carbocycles. The number of hydrogen-bond donors (Lipinski definition) is 1. The van der Waals surface area contributed by atoms with Crippen LogP contribution in [0, 0.1) is 13.8 Å². The predicted molar refractivity (Wildman–Crippen MR) is 82.6 cm³/mol. The second kappa shape index (κ2) is 5.45. The lowest BCUT2D eigenvalue weighted by molar-refractivity contribution is -0.137. The standard InChI is InChI=1S/C13H11F3N4O2S2/c1-7-11(20-12(17-7)23-8(2)18-20)24(21,22)19-10-5-3-9(4-6-10)13(14,15)16/h3-6,19H,1-2H3. The van der Waals surface area contributed by atoms with Gasteiger partial charge in [-0.3, -0.25) is 4.72 Å². The Hall–Kier alpha value is -2.14. The summed E-state index contributed by atoms with van der Waals surface area (Å²) in [4.78, 5) is 4.57. The molecule has 0 atom stereocenters. The van der Waals surface area contributed by atoms with Gasteiger partial charge in [0.1, 0.15) is 5.01 Å². The zero-order chi connectivity index (χ0) is 17.7. The average Bonchev–Trinajstić information content (AvgIpc) is 2.91. The zero-order valence-corrected chi connectivity index (χ0v) is 14.1. The maximum absolute atomic E-state index is 12.6. The van der Waals surface area contributed by atoms with Gasteiger partial charge in [-0.2, -0.15) is 31.2 Å². The molecule has 3 aromatic rings. The normalized spacial score (nSPS) is 12.7. The molecule has 0 bridgehead atoms. The number of nitrogens with one attached hydrogen (secondary N) is 1. The molecule has 128 valence electrons. The van der Waals surface area contributed by atoms with Crippen LogP contribution >= 0.6 is 11.3 Å². The minimum Gasteiger partial charge on any atom is -0.278 e. The van der Waals surface area contributed by atoms with Crippen LogP contribution in [0.4, 0.5) is 18.9 Å². The number of aryl methyl sites for hydroxylation is 2. The van der Waals surface area contributed by atoms with Crippen LogP contribution in [-0.2, 0) is 16.2 Å². The van der Waals surface area contributed by atoms with Crippen molar-refractivity contribution < 1.29 is 21.6 Å². The minimum absolute atomic E-state index is 0.0179. The van der Waals surface area contributed by atoms with E-state index in [1.165, 1.54) is 22.8 Å². The molecule has 6 nitrogen and oxygen atoms in total. The van der Waals surface area contributed by atoms with Crippen molar-refractivity contribution in [3.05, 3.63) is 40.5 Å². The van der Waals surface area contributed by atoms with E-state index in [9.17, 15) is 21.6 Å². The smallest absolute Gasteiger partial charge is 0.278 e. The number of rotatable bonds is 3. The molecular weight excluding hydrogens is 365 g/mol. The van der Waals surface area contributed by atoms with Crippen molar-refractivity contribution in [2.24, 2.45) is 0 Å². The average molecular weight is 376 g/mol.